The van der Waals surface area contributed by atoms with Crippen LogP contribution in [0.15, 0.2) is 24.3 Å². The van der Waals surface area contributed by atoms with Gasteiger partial charge in [0.25, 0.3) is 0 Å². The molecule has 0 atom stereocenters. The molecule has 0 radical (unpaired) electrons. The molecule has 0 aromatic heterocycles. The zero-order valence-electron chi connectivity index (χ0n) is 14.6. The van der Waals surface area contributed by atoms with Gasteiger partial charge in [-0.3, -0.25) is 0 Å². The van der Waals surface area contributed by atoms with E-state index >= 15 is 0 Å². The van der Waals surface area contributed by atoms with Crippen LogP contribution in [0.4, 0.5) is 0 Å². The van der Waals surface area contributed by atoms with Crippen LogP contribution in [0, 0.1) is 11.3 Å². The Bertz CT molecular complexity index is 436. The fourth-order valence-electron chi connectivity index (χ4n) is 3.73. The Kier molecular flexibility index (Phi) is 4.82. The molecule has 0 aliphatic heterocycles. The molecule has 0 unspecified atom stereocenters. The van der Waals surface area contributed by atoms with Gasteiger partial charge in [-0.05, 0) is 74.3 Å². The van der Waals surface area contributed by atoms with Crippen molar-refractivity contribution in [3.8, 4) is 0 Å². The van der Waals surface area contributed by atoms with E-state index in [2.05, 4.69) is 58.9 Å². The van der Waals surface area contributed by atoms with Gasteiger partial charge in [-0.1, -0.05) is 45.0 Å². The molecule has 0 saturated heterocycles. The molecule has 1 aliphatic rings. The van der Waals surface area contributed by atoms with Crippen molar-refractivity contribution in [3.05, 3.63) is 35.4 Å². The highest BCUT2D eigenvalue weighted by molar-refractivity contribution is 5.27. The molecule has 0 spiro atoms. The van der Waals surface area contributed by atoms with Gasteiger partial charge in [-0.2, -0.15) is 0 Å². The third kappa shape index (κ3) is 4.85. The Morgan fingerprint density at radius 2 is 1.43 bits per heavy atom. The molecule has 2 N–H and O–H groups in total. The second kappa shape index (κ2) is 6.12. The molecule has 1 saturated carbocycles. The summed E-state index contributed by atoms with van der Waals surface area (Å²) in [5.74, 6) is 1.66. The molecule has 118 valence electrons. The van der Waals surface area contributed by atoms with E-state index in [1.165, 1.54) is 36.8 Å². The second-order valence-electron chi connectivity index (χ2n) is 8.82. The van der Waals surface area contributed by atoms with Gasteiger partial charge in [0.15, 0.2) is 0 Å². The van der Waals surface area contributed by atoms with Crippen LogP contribution in [-0.4, -0.2) is 5.54 Å². The van der Waals surface area contributed by atoms with Gasteiger partial charge in [0.1, 0.15) is 0 Å². The standard InChI is InChI=1S/C20H33N/c1-19(2,3)18-12-10-17(11-13-18)16-8-6-15(7-9-16)14-20(4,5)21/h6-9,17-18H,10-14,21H2,1-5H3. The number of hydrogen-bond donors (Lipinski definition) is 1. The van der Waals surface area contributed by atoms with Crippen LogP contribution in [0.1, 0.15) is 77.3 Å². The molecule has 0 heterocycles. The Labute approximate surface area is 131 Å². The summed E-state index contributed by atoms with van der Waals surface area (Å²) >= 11 is 0. The van der Waals surface area contributed by atoms with Crippen molar-refractivity contribution in [1.29, 1.82) is 0 Å². The lowest BCUT2D eigenvalue weighted by molar-refractivity contribution is 0.169. The van der Waals surface area contributed by atoms with Crippen molar-refractivity contribution < 1.29 is 0 Å². The smallest absolute Gasteiger partial charge is 0.0138 e. The molecule has 2 rings (SSSR count). The van der Waals surface area contributed by atoms with Gasteiger partial charge >= 0.3 is 0 Å². The van der Waals surface area contributed by atoms with Crippen LogP contribution in [0.25, 0.3) is 0 Å². The predicted octanol–water partition coefficient (Wildman–Crippen LogP) is 5.29. The first kappa shape index (κ1) is 16.5. The highest BCUT2D eigenvalue weighted by Crippen LogP contribution is 2.43. The van der Waals surface area contributed by atoms with Gasteiger partial charge in [0.05, 0.1) is 0 Å². The Morgan fingerprint density at radius 3 is 1.86 bits per heavy atom. The summed E-state index contributed by atoms with van der Waals surface area (Å²) in [7, 11) is 0. The van der Waals surface area contributed by atoms with Crippen molar-refractivity contribution in [1.82, 2.24) is 0 Å². The maximum absolute atomic E-state index is 6.10. The van der Waals surface area contributed by atoms with E-state index in [-0.39, 0.29) is 5.54 Å². The van der Waals surface area contributed by atoms with Crippen LogP contribution >= 0.6 is 0 Å². The van der Waals surface area contributed by atoms with Crippen molar-refractivity contribution in [2.24, 2.45) is 17.1 Å². The Morgan fingerprint density at radius 1 is 0.905 bits per heavy atom. The molecule has 1 nitrogen and oxygen atoms in total. The number of benzene rings is 1. The number of nitrogens with two attached hydrogens (primary N) is 1. The van der Waals surface area contributed by atoms with Gasteiger partial charge in [-0.15, -0.1) is 0 Å². The minimum absolute atomic E-state index is 0.119. The normalized spacial score (nSPS) is 24.1. The Hall–Kier alpha value is -0.820. The lowest BCUT2D eigenvalue weighted by Crippen LogP contribution is -2.34. The number of hydrogen-bond acceptors (Lipinski definition) is 1. The molecule has 0 bridgehead atoms. The Balaban J connectivity index is 1.95. The summed E-state index contributed by atoms with van der Waals surface area (Å²) < 4.78 is 0. The molecule has 0 amide bonds. The lowest BCUT2D eigenvalue weighted by Gasteiger charge is -2.37. The van der Waals surface area contributed by atoms with E-state index < -0.39 is 0 Å². The topological polar surface area (TPSA) is 26.0 Å². The summed E-state index contributed by atoms with van der Waals surface area (Å²) in [5.41, 5.74) is 9.34. The number of rotatable bonds is 3. The molecule has 21 heavy (non-hydrogen) atoms. The van der Waals surface area contributed by atoms with Crippen LogP contribution in [-0.2, 0) is 6.42 Å². The lowest BCUT2D eigenvalue weighted by atomic mass is 9.68. The largest absolute Gasteiger partial charge is 0.325 e. The van der Waals surface area contributed by atoms with Crippen molar-refractivity contribution in [3.63, 3.8) is 0 Å². The monoisotopic (exact) mass is 287 g/mol. The predicted molar refractivity (Wildman–Crippen MR) is 92.6 cm³/mol. The molecule has 1 aromatic carbocycles. The van der Waals surface area contributed by atoms with E-state index in [4.69, 9.17) is 5.73 Å². The van der Waals surface area contributed by atoms with Crippen molar-refractivity contribution in [2.75, 3.05) is 0 Å². The van der Waals surface area contributed by atoms with Gasteiger partial charge in [0, 0.05) is 5.54 Å². The molecule has 1 aromatic rings. The summed E-state index contributed by atoms with van der Waals surface area (Å²) in [5, 5.41) is 0. The fourth-order valence-corrected chi connectivity index (χ4v) is 3.73. The van der Waals surface area contributed by atoms with Crippen LogP contribution in [0.3, 0.4) is 0 Å². The summed E-state index contributed by atoms with van der Waals surface area (Å²) in [6, 6.07) is 9.23. The van der Waals surface area contributed by atoms with Crippen LogP contribution in [0.2, 0.25) is 0 Å². The van der Waals surface area contributed by atoms with Crippen LogP contribution < -0.4 is 5.73 Å². The fraction of sp³-hybridized carbons (Fsp3) is 0.700. The van der Waals surface area contributed by atoms with Crippen molar-refractivity contribution in [2.45, 2.75) is 78.2 Å². The van der Waals surface area contributed by atoms with E-state index in [0.29, 0.717) is 5.41 Å². The maximum Gasteiger partial charge on any atom is 0.0138 e. The first-order valence-electron chi connectivity index (χ1n) is 8.53. The minimum atomic E-state index is -0.119. The average Bonchev–Trinajstić information content (AvgIpc) is 2.37. The third-order valence-corrected chi connectivity index (χ3v) is 5.06. The van der Waals surface area contributed by atoms with E-state index in [9.17, 15) is 0 Å². The zero-order chi connectivity index (χ0) is 15.7. The van der Waals surface area contributed by atoms with Crippen LogP contribution in [0.5, 0.6) is 0 Å². The van der Waals surface area contributed by atoms with Gasteiger partial charge < -0.3 is 5.73 Å². The zero-order valence-corrected chi connectivity index (χ0v) is 14.6. The highest BCUT2D eigenvalue weighted by atomic mass is 14.7. The van der Waals surface area contributed by atoms with Gasteiger partial charge in [-0.25, -0.2) is 0 Å². The first-order chi connectivity index (χ1) is 9.65. The van der Waals surface area contributed by atoms with Crippen molar-refractivity contribution >= 4 is 0 Å². The SMILES string of the molecule is CC(C)(N)Cc1ccc(C2CCC(C(C)(C)C)CC2)cc1. The van der Waals surface area contributed by atoms with Gasteiger partial charge in [0.2, 0.25) is 0 Å². The molecule has 1 fully saturated rings. The summed E-state index contributed by atoms with van der Waals surface area (Å²) in [6.07, 6.45) is 6.41. The third-order valence-electron chi connectivity index (χ3n) is 5.06. The van der Waals surface area contributed by atoms with E-state index in [1.807, 2.05) is 0 Å². The minimum Gasteiger partial charge on any atom is -0.325 e. The first-order valence-corrected chi connectivity index (χ1v) is 8.53. The van der Waals surface area contributed by atoms with E-state index in [0.717, 1.165) is 18.3 Å². The summed E-state index contributed by atoms with van der Waals surface area (Å²) in [4.78, 5) is 0. The average molecular weight is 287 g/mol. The van der Waals surface area contributed by atoms with E-state index in [1.54, 1.807) is 0 Å². The molecular formula is C20H33N. The molecular weight excluding hydrogens is 254 g/mol. The maximum atomic E-state index is 6.10. The highest BCUT2D eigenvalue weighted by Gasteiger charge is 2.30. The molecule has 1 heteroatoms. The molecule has 1 aliphatic carbocycles. The summed E-state index contributed by atoms with van der Waals surface area (Å²) in [6.45, 7) is 11.4. The quantitative estimate of drug-likeness (QED) is 0.803. The second-order valence-corrected chi connectivity index (χ2v) is 8.82.